The fraction of sp³-hybridized carbons (Fsp3) is 0.238. The lowest BCUT2D eigenvalue weighted by Gasteiger charge is -2.06. The van der Waals surface area contributed by atoms with Crippen molar-refractivity contribution < 1.29 is 0 Å². The molecule has 4 aromatic rings. The first kappa shape index (κ1) is 18.7. The highest BCUT2D eigenvalue weighted by Crippen LogP contribution is 2.15. The van der Waals surface area contributed by atoms with Gasteiger partial charge in [0.2, 0.25) is 5.95 Å². The second-order valence-corrected chi connectivity index (χ2v) is 7.05. The lowest BCUT2D eigenvalue weighted by Crippen LogP contribution is -2.39. The van der Waals surface area contributed by atoms with Crippen molar-refractivity contribution in [3.63, 3.8) is 0 Å². The molecule has 0 bridgehead atoms. The second-order valence-electron chi connectivity index (χ2n) is 7.05. The average molecular weight is 390 g/mol. The summed E-state index contributed by atoms with van der Waals surface area (Å²) in [6.45, 7) is 4.00. The van der Waals surface area contributed by atoms with Crippen LogP contribution in [0.4, 0.5) is 0 Å². The molecule has 4 rings (SSSR count). The maximum atomic E-state index is 13.1. The van der Waals surface area contributed by atoms with E-state index in [0.717, 1.165) is 17.0 Å². The molecule has 0 radical (unpaired) electrons. The number of hydrogen-bond acceptors (Lipinski definition) is 4. The summed E-state index contributed by atoms with van der Waals surface area (Å²) in [5.74, 6) is 0.496. The van der Waals surface area contributed by atoms with Gasteiger partial charge in [-0.2, -0.15) is 10.1 Å². The first-order valence-electron chi connectivity index (χ1n) is 9.30. The van der Waals surface area contributed by atoms with Crippen molar-refractivity contribution in [3.8, 4) is 5.95 Å². The fourth-order valence-electron chi connectivity index (χ4n) is 3.47. The first-order chi connectivity index (χ1) is 13.9. The van der Waals surface area contributed by atoms with Gasteiger partial charge in [0.25, 0.3) is 5.56 Å². The Morgan fingerprint density at radius 1 is 1.03 bits per heavy atom. The molecule has 0 aliphatic carbocycles. The molecular formula is C21H22N6O2. The summed E-state index contributed by atoms with van der Waals surface area (Å²) >= 11 is 0. The van der Waals surface area contributed by atoms with Crippen molar-refractivity contribution in [1.82, 2.24) is 28.5 Å². The molecule has 0 saturated heterocycles. The summed E-state index contributed by atoms with van der Waals surface area (Å²) in [6.07, 6.45) is 3.70. The zero-order valence-electron chi connectivity index (χ0n) is 16.8. The highest BCUT2D eigenvalue weighted by atomic mass is 16.2. The number of hydrogen-bond donors (Lipinski definition) is 0. The van der Waals surface area contributed by atoms with Gasteiger partial charge in [-0.05, 0) is 25.5 Å². The zero-order chi connectivity index (χ0) is 20.7. The molecule has 0 aliphatic heterocycles. The molecule has 1 aromatic carbocycles. The highest BCUT2D eigenvalue weighted by Gasteiger charge is 2.20. The molecule has 0 amide bonds. The van der Waals surface area contributed by atoms with E-state index in [1.165, 1.54) is 9.13 Å². The van der Waals surface area contributed by atoms with Crippen LogP contribution in [0, 0.1) is 13.8 Å². The topological polar surface area (TPSA) is 79.6 Å². The molecule has 0 aliphatic rings. The Hall–Kier alpha value is -3.68. The Kier molecular flexibility index (Phi) is 4.54. The summed E-state index contributed by atoms with van der Waals surface area (Å²) in [4.78, 5) is 30.5. The standard InChI is InChI=1S/C21H22N6O2/c1-14-13-15(2)27(23-14)20-22-18-17(24(20)3)19(28)26(21(29)25(18)4)12-8-11-16-9-6-5-7-10-16/h5-11,13H,12H2,1-4H3. The number of fused-ring (bicyclic) bond motifs is 1. The van der Waals surface area contributed by atoms with Crippen LogP contribution in [0.3, 0.4) is 0 Å². The summed E-state index contributed by atoms with van der Waals surface area (Å²) < 4.78 is 5.99. The van der Waals surface area contributed by atoms with Crippen LogP contribution in [0.2, 0.25) is 0 Å². The number of aromatic nitrogens is 6. The van der Waals surface area contributed by atoms with E-state index >= 15 is 0 Å². The molecule has 3 heterocycles. The SMILES string of the molecule is Cc1cc(C)n(-c2nc3c(c(=O)n(CC=Cc4ccccc4)c(=O)n3C)n2C)n1. The van der Waals surface area contributed by atoms with E-state index in [4.69, 9.17) is 0 Å². The molecule has 148 valence electrons. The van der Waals surface area contributed by atoms with Gasteiger partial charge in [-0.3, -0.25) is 13.9 Å². The summed E-state index contributed by atoms with van der Waals surface area (Å²) in [5.41, 5.74) is 2.69. The van der Waals surface area contributed by atoms with Gasteiger partial charge in [0.05, 0.1) is 5.69 Å². The quantitative estimate of drug-likeness (QED) is 0.533. The maximum absolute atomic E-state index is 13.1. The van der Waals surface area contributed by atoms with E-state index in [1.54, 1.807) is 23.3 Å². The lowest BCUT2D eigenvalue weighted by atomic mass is 10.2. The Bertz CT molecular complexity index is 1350. The van der Waals surface area contributed by atoms with Crippen LogP contribution in [0.15, 0.2) is 52.1 Å². The predicted molar refractivity (Wildman–Crippen MR) is 112 cm³/mol. The molecule has 3 aromatic heterocycles. The third-order valence-electron chi connectivity index (χ3n) is 4.93. The predicted octanol–water partition coefficient (Wildman–Crippen LogP) is 1.95. The number of imidazole rings is 1. The third-order valence-corrected chi connectivity index (χ3v) is 4.93. The number of nitrogens with zero attached hydrogens (tertiary/aromatic N) is 6. The van der Waals surface area contributed by atoms with Crippen molar-refractivity contribution in [3.05, 3.63) is 80.3 Å². The minimum absolute atomic E-state index is 0.177. The van der Waals surface area contributed by atoms with Gasteiger partial charge in [0.15, 0.2) is 11.2 Å². The molecule has 0 saturated carbocycles. The molecule has 0 N–H and O–H groups in total. The number of aryl methyl sites for hydroxylation is 4. The van der Waals surface area contributed by atoms with Crippen molar-refractivity contribution in [2.75, 3.05) is 0 Å². The largest absolute Gasteiger partial charge is 0.332 e. The molecular weight excluding hydrogens is 368 g/mol. The average Bonchev–Trinajstić information content (AvgIpc) is 3.22. The second kappa shape index (κ2) is 7.05. The minimum Gasteiger partial charge on any atom is -0.306 e. The van der Waals surface area contributed by atoms with Crippen LogP contribution in [0.25, 0.3) is 23.2 Å². The number of allylic oxidation sites excluding steroid dienone is 1. The molecule has 29 heavy (non-hydrogen) atoms. The van der Waals surface area contributed by atoms with Gasteiger partial charge in [0.1, 0.15) is 0 Å². The van der Waals surface area contributed by atoms with E-state index in [2.05, 4.69) is 10.1 Å². The fourth-order valence-corrected chi connectivity index (χ4v) is 3.47. The molecule has 0 spiro atoms. The zero-order valence-corrected chi connectivity index (χ0v) is 16.8. The van der Waals surface area contributed by atoms with Gasteiger partial charge >= 0.3 is 5.69 Å². The summed E-state index contributed by atoms with van der Waals surface area (Å²) in [7, 11) is 3.39. The van der Waals surface area contributed by atoms with Crippen molar-refractivity contribution in [2.24, 2.45) is 14.1 Å². The van der Waals surface area contributed by atoms with Crippen LogP contribution in [0.5, 0.6) is 0 Å². The molecule has 0 fully saturated rings. The lowest BCUT2D eigenvalue weighted by molar-refractivity contribution is 0.666. The number of benzene rings is 1. The van der Waals surface area contributed by atoms with Gasteiger partial charge in [-0.15, -0.1) is 0 Å². The van der Waals surface area contributed by atoms with Crippen LogP contribution < -0.4 is 11.2 Å². The van der Waals surface area contributed by atoms with Gasteiger partial charge in [0, 0.05) is 26.3 Å². The van der Waals surface area contributed by atoms with E-state index < -0.39 is 5.69 Å². The summed E-state index contributed by atoms with van der Waals surface area (Å²) in [5, 5.41) is 4.45. The van der Waals surface area contributed by atoms with E-state index in [9.17, 15) is 9.59 Å². The summed E-state index contributed by atoms with van der Waals surface area (Å²) in [6, 6.07) is 11.7. The van der Waals surface area contributed by atoms with Crippen molar-refractivity contribution >= 4 is 17.2 Å². The van der Waals surface area contributed by atoms with Crippen LogP contribution in [-0.2, 0) is 20.6 Å². The van der Waals surface area contributed by atoms with Crippen molar-refractivity contribution in [1.29, 1.82) is 0 Å². The maximum Gasteiger partial charge on any atom is 0.332 e. The Morgan fingerprint density at radius 2 is 1.76 bits per heavy atom. The Morgan fingerprint density at radius 3 is 2.41 bits per heavy atom. The monoisotopic (exact) mass is 390 g/mol. The minimum atomic E-state index is -0.404. The smallest absolute Gasteiger partial charge is 0.306 e. The first-order valence-corrected chi connectivity index (χ1v) is 9.30. The van der Waals surface area contributed by atoms with Crippen LogP contribution in [-0.4, -0.2) is 28.5 Å². The van der Waals surface area contributed by atoms with Crippen molar-refractivity contribution in [2.45, 2.75) is 20.4 Å². The molecule has 0 unspecified atom stereocenters. The van der Waals surface area contributed by atoms with Gasteiger partial charge in [-0.1, -0.05) is 42.5 Å². The number of rotatable bonds is 4. The van der Waals surface area contributed by atoms with Gasteiger partial charge < -0.3 is 4.57 Å². The molecule has 8 heteroatoms. The third kappa shape index (κ3) is 3.12. The Labute approximate surface area is 167 Å². The highest BCUT2D eigenvalue weighted by molar-refractivity contribution is 5.72. The Balaban J connectivity index is 1.84. The van der Waals surface area contributed by atoms with Crippen LogP contribution >= 0.6 is 0 Å². The van der Waals surface area contributed by atoms with E-state index in [-0.39, 0.29) is 12.1 Å². The van der Waals surface area contributed by atoms with E-state index in [1.807, 2.05) is 62.4 Å². The molecule has 0 atom stereocenters. The van der Waals surface area contributed by atoms with E-state index in [0.29, 0.717) is 17.1 Å². The molecule has 8 nitrogen and oxygen atoms in total. The van der Waals surface area contributed by atoms with Crippen LogP contribution in [0.1, 0.15) is 17.0 Å². The normalized spacial score (nSPS) is 11.7. The van der Waals surface area contributed by atoms with Gasteiger partial charge in [-0.25, -0.2) is 9.48 Å².